The molecule has 1 atom stereocenters. The summed E-state index contributed by atoms with van der Waals surface area (Å²) in [5, 5.41) is 14.2. The van der Waals surface area contributed by atoms with Crippen molar-refractivity contribution in [3.8, 4) is 0 Å². The second kappa shape index (κ2) is 10.1. The Balaban J connectivity index is 1.20. The summed E-state index contributed by atoms with van der Waals surface area (Å²) in [5.74, 6) is 1.59. The number of hydrogen-bond donors (Lipinski definition) is 3. The van der Waals surface area contributed by atoms with Gasteiger partial charge in [-0.05, 0) is 52.8 Å². The monoisotopic (exact) mass is 468 g/mol. The van der Waals surface area contributed by atoms with Gasteiger partial charge >= 0.3 is 0 Å². The molecule has 1 fully saturated rings. The molecular weight excluding hydrogens is 440 g/mol. The van der Waals surface area contributed by atoms with Gasteiger partial charge < -0.3 is 21.1 Å². The quantitative estimate of drug-likeness (QED) is 0.382. The molecule has 8 nitrogen and oxygen atoms in total. The number of carbonyl (C=O) groups is 1. The zero-order valence-electron chi connectivity index (χ0n) is 19.4. The standard InChI is InChI=1S/C27H28N6O2/c28-26-24-3-1-19(10-22(24)5-7-30-26)14-32-27(35)23-11-21(12-29-15-23)9-18-2-4-25(31-13-18)33-8-6-20(16-33)17-34/h1-5,7,10-13,15,20,34H,6,8-9,14,16-17H2,(H2,28,30)(H,32,35). The molecule has 1 unspecified atom stereocenters. The van der Waals surface area contributed by atoms with Crippen LogP contribution in [0.15, 0.2) is 67.3 Å². The fourth-order valence-corrected chi connectivity index (χ4v) is 4.49. The molecule has 178 valence electrons. The molecule has 1 aliphatic heterocycles. The first-order valence-corrected chi connectivity index (χ1v) is 11.7. The van der Waals surface area contributed by atoms with Crippen LogP contribution in [0.4, 0.5) is 11.6 Å². The lowest BCUT2D eigenvalue weighted by Gasteiger charge is -2.17. The number of aliphatic hydroxyl groups excluding tert-OH is 1. The van der Waals surface area contributed by atoms with Crippen LogP contribution in [-0.2, 0) is 13.0 Å². The van der Waals surface area contributed by atoms with E-state index in [4.69, 9.17) is 5.73 Å². The third-order valence-corrected chi connectivity index (χ3v) is 6.46. The van der Waals surface area contributed by atoms with Crippen molar-refractivity contribution < 1.29 is 9.90 Å². The number of pyridine rings is 3. The molecule has 1 aliphatic rings. The van der Waals surface area contributed by atoms with Gasteiger partial charge in [0, 0.05) is 68.8 Å². The highest BCUT2D eigenvalue weighted by Gasteiger charge is 2.22. The lowest BCUT2D eigenvalue weighted by molar-refractivity contribution is 0.0950. The summed E-state index contributed by atoms with van der Waals surface area (Å²) in [4.78, 5) is 28.0. The lowest BCUT2D eigenvalue weighted by Crippen LogP contribution is -2.23. The fraction of sp³-hybridized carbons (Fsp3) is 0.259. The minimum absolute atomic E-state index is 0.172. The summed E-state index contributed by atoms with van der Waals surface area (Å²) < 4.78 is 0. The zero-order chi connectivity index (χ0) is 24.2. The first-order valence-electron chi connectivity index (χ1n) is 11.7. The van der Waals surface area contributed by atoms with E-state index in [2.05, 4.69) is 31.2 Å². The van der Waals surface area contributed by atoms with Crippen molar-refractivity contribution in [3.63, 3.8) is 0 Å². The number of nitrogens with zero attached hydrogens (tertiary/aromatic N) is 4. The minimum atomic E-state index is -0.172. The molecule has 5 rings (SSSR count). The van der Waals surface area contributed by atoms with Crippen LogP contribution in [0.25, 0.3) is 10.8 Å². The van der Waals surface area contributed by atoms with Crippen molar-refractivity contribution >= 4 is 28.3 Å². The maximum absolute atomic E-state index is 12.8. The van der Waals surface area contributed by atoms with E-state index >= 15 is 0 Å². The van der Waals surface area contributed by atoms with Crippen molar-refractivity contribution in [2.45, 2.75) is 19.4 Å². The predicted molar refractivity (Wildman–Crippen MR) is 136 cm³/mol. The molecular formula is C27H28N6O2. The highest BCUT2D eigenvalue weighted by Crippen LogP contribution is 2.23. The third-order valence-electron chi connectivity index (χ3n) is 6.46. The van der Waals surface area contributed by atoms with E-state index in [1.807, 2.05) is 42.6 Å². The molecule has 4 N–H and O–H groups in total. The van der Waals surface area contributed by atoms with Gasteiger partial charge in [-0.3, -0.25) is 9.78 Å². The number of rotatable bonds is 7. The number of fused-ring (bicyclic) bond motifs is 1. The number of amides is 1. The summed E-state index contributed by atoms with van der Waals surface area (Å²) in [6.45, 7) is 2.39. The largest absolute Gasteiger partial charge is 0.396 e. The normalized spacial score (nSPS) is 15.5. The number of aliphatic hydroxyl groups is 1. The van der Waals surface area contributed by atoms with Gasteiger partial charge in [-0.2, -0.15) is 0 Å². The number of aromatic nitrogens is 3. The SMILES string of the molecule is Nc1nccc2cc(CNC(=O)c3cncc(Cc4ccc(N5CCC(CO)C5)nc4)c3)ccc12. The number of nitrogens with one attached hydrogen (secondary N) is 1. The third kappa shape index (κ3) is 5.22. The van der Waals surface area contributed by atoms with E-state index in [0.29, 0.717) is 30.3 Å². The van der Waals surface area contributed by atoms with Gasteiger partial charge in [0.1, 0.15) is 11.6 Å². The van der Waals surface area contributed by atoms with E-state index in [1.165, 1.54) is 0 Å². The lowest BCUT2D eigenvalue weighted by atomic mass is 10.1. The number of benzene rings is 1. The Bertz CT molecular complexity index is 1340. The number of anilines is 2. The molecule has 1 amide bonds. The Morgan fingerprint density at radius 2 is 1.94 bits per heavy atom. The molecule has 0 saturated carbocycles. The highest BCUT2D eigenvalue weighted by atomic mass is 16.3. The summed E-state index contributed by atoms with van der Waals surface area (Å²) in [6.07, 6.45) is 8.54. The van der Waals surface area contributed by atoms with E-state index in [9.17, 15) is 9.90 Å². The number of hydrogen-bond acceptors (Lipinski definition) is 7. The second-order valence-electron chi connectivity index (χ2n) is 9.00. The van der Waals surface area contributed by atoms with Crippen LogP contribution >= 0.6 is 0 Å². The molecule has 4 heterocycles. The van der Waals surface area contributed by atoms with Crippen LogP contribution in [0.1, 0.15) is 33.5 Å². The van der Waals surface area contributed by atoms with Crippen LogP contribution in [0.2, 0.25) is 0 Å². The van der Waals surface area contributed by atoms with Crippen LogP contribution in [0, 0.1) is 5.92 Å². The molecule has 0 spiro atoms. The predicted octanol–water partition coefficient (Wildman–Crippen LogP) is 2.95. The van der Waals surface area contributed by atoms with Gasteiger partial charge in [0.2, 0.25) is 0 Å². The summed E-state index contributed by atoms with van der Waals surface area (Å²) in [6, 6.07) is 13.7. The van der Waals surface area contributed by atoms with Crippen LogP contribution in [0.3, 0.4) is 0 Å². The van der Waals surface area contributed by atoms with Gasteiger partial charge in [0.05, 0.1) is 5.56 Å². The summed E-state index contributed by atoms with van der Waals surface area (Å²) in [5.41, 5.74) is 9.42. The van der Waals surface area contributed by atoms with Crippen molar-refractivity contribution in [3.05, 3.63) is 89.5 Å². The van der Waals surface area contributed by atoms with Gasteiger partial charge in [-0.1, -0.05) is 18.2 Å². The summed E-state index contributed by atoms with van der Waals surface area (Å²) in [7, 11) is 0. The molecule has 3 aromatic heterocycles. The summed E-state index contributed by atoms with van der Waals surface area (Å²) >= 11 is 0. The van der Waals surface area contributed by atoms with Crippen LogP contribution in [0.5, 0.6) is 0 Å². The molecule has 0 bridgehead atoms. The smallest absolute Gasteiger partial charge is 0.253 e. The molecule has 8 heteroatoms. The maximum atomic E-state index is 12.8. The molecule has 35 heavy (non-hydrogen) atoms. The highest BCUT2D eigenvalue weighted by molar-refractivity contribution is 5.94. The van der Waals surface area contributed by atoms with Crippen molar-refractivity contribution in [2.75, 3.05) is 30.3 Å². The maximum Gasteiger partial charge on any atom is 0.253 e. The zero-order valence-corrected chi connectivity index (χ0v) is 19.4. The van der Waals surface area contributed by atoms with Gasteiger partial charge in [0.25, 0.3) is 5.91 Å². The van der Waals surface area contributed by atoms with E-state index in [0.717, 1.165) is 52.8 Å². The van der Waals surface area contributed by atoms with Crippen molar-refractivity contribution in [1.29, 1.82) is 0 Å². The second-order valence-corrected chi connectivity index (χ2v) is 9.00. The van der Waals surface area contributed by atoms with Gasteiger partial charge in [-0.15, -0.1) is 0 Å². The van der Waals surface area contributed by atoms with Crippen molar-refractivity contribution in [1.82, 2.24) is 20.3 Å². The Morgan fingerprint density at radius 1 is 1.06 bits per heavy atom. The first kappa shape index (κ1) is 22.7. The fourth-order valence-electron chi connectivity index (χ4n) is 4.49. The minimum Gasteiger partial charge on any atom is -0.396 e. The Hall–Kier alpha value is -4.04. The van der Waals surface area contributed by atoms with E-state index in [1.54, 1.807) is 18.6 Å². The molecule has 4 aromatic rings. The van der Waals surface area contributed by atoms with Crippen LogP contribution in [-0.4, -0.2) is 45.7 Å². The molecule has 1 saturated heterocycles. The number of nitrogen functional groups attached to an aromatic ring is 1. The number of nitrogens with two attached hydrogens (primary N) is 1. The average Bonchev–Trinajstić information content (AvgIpc) is 3.37. The molecule has 1 aromatic carbocycles. The Morgan fingerprint density at radius 3 is 2.74 bits per heavy atom. The van der Waals surface area contributed by atoms with E-state index in [-0.39, 0.29) is 12.5 Å². The van der Waals surface area contributed by atoms with E-state index < -0.39 is 0 Å². The van der Waals surface area contributed by atoms with Crippen molar-refractivity contribution in [2.24, 2.45) is 5.92 Å². The number of carbonyl (C=O) groups excluding carboxylic acids is 1. The topological polar surface area (TPSA) is 117 Å². The van der Waals surface area contributed by atoms with Crippen LogP contribution < -0.4 is 16.0 Å². The molecule has 0 radical (unpaired) electrons. The Labute approximate surface area is 203 Å². The Kier molecular flexibility index (Phi) is 6.54. The average molecular weight is 469 g/mol. The molecule has 0 aliphatic carbocycles. The van der Waals surface area contributed by atoms with Gasteiger partial charge in [0.15, 0.2) is 0 Å². The first-order chi connectivity index (χ1) is 17.1. The van der Waals surface area contributed by atoms with Gasteiger partial charge in [-0.25, -0.2) is 9.97 Å².